The van der Waals surface area contributed by atoms with E-state index in [9.17, 15) is 0 Å². The summed E-state index contributed by atoms with van der Waals surface area (Å²) in [6.45, 7) is 7.37. The highest BCUT2D eigenvalue weighted by Crippen LogP contribution is 2.54. The Kier molecular flexibility index (Phi) is 3.15. The molecule has 0 radical (unpaired) electrons. The van der Waals surface area contributed by atoms with E-state index in [1.54, 1.807) is 6.26 Å². The average Bonchev–Trinajstić information content (AvgIpc) is 3.00. The second kappa shape index (κ2) is 4.95. The quantitative estimate of drug-likeness (QED) is 0.861. The molecule has 3 heterocycles. The predicted octanol–water partition coefficient (Wildman–Crippen LogP) is 3.85. The molecule has 2 aromatic rings. The number of hydrogen-bond donors (Lipinski definition) is 0. The van der Waals surface area contributed by atoms with E-state index in [0.717, 1.165) is 36.9 Å². The molecule has 0 unspecified atom stereocenters. The summed E-state index contributed by atoms with van der Waals surface area (Å²) in [5, 5.41) is 4.24. The van der Waals surface area contributed by atoms with Gasteiger partial charge in [0.25, 0.3) is 0 Å². The van der Waals surface area contributed by atoms with E-state index in [1.807, 2.05) is 12.1 Å². The summed E-state index contributed by atoms with van der Waals surface area (Å²) in [7, 11) is 0. The van der Waals surface area contributed by atoms with E-state index >= 15 is 0 Å². The Morgan fingerprint density at radius 3 is 2.77 bits per heavy atom. The third kappa shape index (κ3) is 2.37. The molecule has 2 fully saturated rings. The first-order valence-electron chi connectivity index (χ1n) is 8.02. The monoisotopic (exact) mass is 302 g/mol. The number of aromatic nitrogens is 2. The van der Waals surface area contributed by atoms with Crippen LogP contribution in [-0.2, 0) is 4.74 Å². The SMILES string of the molecule is CC(C)(C)[C@H]1OCC[C@@H]1c1noc([C@H]2C[C@H]2c2ccco2)n1. The Morgan fingerprint density at radius 2 is 2.05 bits per heavy atom. The molecular formula is C17H22N2O3. The molecule has 0 bridgehead atoms. The van der Waals surface area contributed by atoms with Crippen molar-refractivity contribution < 1.29 is 13.7 Å². The van der Waals surface area contributed by atoms with Gasteiger partial charge in [0.1, 0.15) is 5.76 Å². The van der Waals surface area contributed by atoms with Crippen molar-refractivity contribution in [2.24, 2.45) is 5.41 Å². The molecular weight excluding hydrogens is 280 g/mol. The van der Waals surface area contributed by atoms with Gasteiger partial charge in [-0.3, -0.25) is 0 Å². The lowest BCUT2D eigenvalue weighted by atomic mass is 9.81. The highest BCUT2D eigenvalue weighted by molar-refractivity contribution is 5.23. The van der Waals surface area contributed by atoms with Gasteiger partial charge in [-0.1, -0.05) is 25.9 Å². The number of ether oxygens (including phenoxy) is 1. The first-order valence-corrected chi connectivity index (χ1v) is 8.02. The van der Waals surface area contributed by atoms with Crippen LogP contribution in [0.4, 0.5) is 0 Å². The fourth-order valence-corrected chi connectivity index (χ4v) is 3.54. The van der Waals surface area contributed by atoms with Crippen molar-refractivity contribution in [3.8, 4) is 0 Å². The molecule has 4 atom stereocenters. The Bertz CT molecular complexity index is 641. The molecule has 22 heavy (non-hydrogen) atoms. The van der Waals surface area contributed by atoms with Gasteiger partial charge in [0.05, 0.1) is 18.3 Å². The normalized spacial score (nSPS) is 31.6. The lowest BCUT2D eigenvalue weighted by Crippen LogP contribution is -2.30. The van der Waals surface area contributed by atoms with Gasteiger partial charge in [-0.25, -0.2) is 0 Å². The third-order valence-electron chi connectivity index (χ3n) is 4.75. The van der Waals surface area contributed by atoms with Crippen molar-refractivity contribution in [3.63, 3.8) is 0 Å². The molecule has 1 saturated carbocycles. The molecule has 1 aliphatic heterocycles. The maximum absolute atomic E-state index is 5.91. The smallest absolute Gasteiger partial charge is 0.230 e. The fraction of sp³-hybridized carbons (Fsp3) is 0.647. The van der Waals surface area contributed by atoms with Crippen molar-refractivity contribution in [2.75, 3.05) is 6.61 Å². The second-order valence-corrected chi connectivity index (χ2v) is 7.51. The van der Waals surface area contributed by atoms with E-state index in [2.05, 4.69) is 30.9 Å². The van der Waals surface area contributed by atoms with E-state index in [0.29, 0.717) is 11.8 Å². The Labute approximate surface area is 130 Å². The summed E-state index contributed by atoms with van der Waals surface area (Å²) in [5.41, 5.74) is 0.0816. The van der Waals surface area contributed by atoms with Crippen molar-refractivity contribution in [1.82, 2.24) is 10.1 Å². The van der Waals surface area contributed by atoms with Crippen LogP contribution < -0.4 is 0 Å². The van der Waals surface area contributed by atoms with Gasteiger partial charge in [-0.2, -0.15) is 4.98 Å². The van der Waals surface area contributed by atoms with Crippen LogP contribution >= 0.6 is 0 Å². The Morgan fingerprint density at radius 1 is 1.18 bits per heavy atom. The number of nitrogens with zero attached hydrogens (tertiary/aromatic N) is 2. The minimum atomic E-state index is 0.0816. The second-order valence-electron chi connectivity index (χ2n) is 7.51. The topological polar surface area (TPSA) is 61.3 Å². The minimum Gasteiger partial charge on any atom is -0.469 e. The average molecular weight is 302 g/mol. The number of hydrogen-bond acceptors (Lipinski definition) is 5. The molecule has 2 aliphatic rings. The van der Waals surface area contributed by atoms with Crippen LogP contribution in [0.15, 0.2) is 27.3 Å². The molecule has 5 heteroatoms. The zero-order valence-electron chi connectivity index (χ0n) is 13.3. The van der Waals surface area contributed by atoms with Crippen molar-refractivity contribution in [3.05, 3.63) is 35.9 Å². The van der Waals surface area contributed by atoms with Gasteiger partial charge in [0, 0.05) is 18.4 Å². The summed E-state index contributed by atoms with van der Waals surface area (Å²) in [6.07, 6.45) is 3.86. The van der Waals surface area contributed by atoms with Gasteiger partial charge in [0.2, 0.25) is 5.89 Å². The largest absolute Gasteiger partial charge is 0.469 e. The van der Waals surface area contributed by atoms with E-state index in [-0.39, 0.29) is 17.4 Å². The third-order valence-corrected chi connectivity index (χ3v) is 4.75. The highest BCUT2D eigenvalue weighted by Gasteiger charge is 2.47. The molecule has 0 N–H and O–H groups in total. The first kappa shape index (κ1) is 14.0. The zero-order chi connectivity index (χ0) is 15.3. The predicted molar refractivity (Wildman–Crippen MR) is 79.7 cm³/mol. The van der Waals surface area contributed by atoms with Crippen LogP contribution in [0.2, 0.25) is 0 Å². The van der Waals surface area contributed by atoms with Gasteiger partial charge in [0.15, 0.2) is 5.82 Å². The van der Waals surface area contributed by atoms with Gasteiger partial charge >= 0.3 is 0 Å². The fourth-order valence-electron chi connectivity index (χ4n) is 3.54. The van der Waals surface area contributed by atoms with Crippen molar-refractivity contribution in [2.45, 2.75) is 57.5 Å². The van der Waals surface area contributed by atoms with E-state index < -0.39 is 0 Å². The zero-order valence-corrected chi connectivity index (χ0v) is 13.3. The van der Waals surface area contributed by atoms with Gasteiger partial charge in [-0.15, -0.1) is 0 Å². The molecule has 1 saturated heterocycles. The standard InChI is InChI=1S/C17H22N2O3/c1-17(2,3)14-10(6-8-21-14)15-18-16(22-19-15)12-9-11(12)13-5-4-7-20-13/h4-5,7,10-12,14H,6,8-9H2,1-3H3/t10-,11+,12-,14-/m0/s1. The van der Waals surface area contributed by atoms with E-state index in [1.165, 1.54) is 0 Å². The molecule has 5 nitrogen and oxygen atoms in total. The molecule has 0 spiro atoms. The van der Waals surface area contributed by atoms with Gasteiger partial charge in [-0.05, 0) is 30.4 Å². The number of furan rings is 1. The van der Waals surface area contributed by atoms with E-state index in [4.69, 9.17) is 13.7 Å². The molecule has 0 aromatic carbocycles. The molecule has 1 aliphatic carbocycles. The van der Waals surface area contributed by atoms with Crippen LogP contribution in [-0.4, -0.2) is 22.9 Å². The summed E-state index contributed by atoms with van der Waals surface area (Å²) in [4.78, 5) is 4.68. The first-order chi connectivity index (χ1) is 10.5. The van der Waals surface area contributed by atoms with Crippen LogP contribution in [0.25, 0.3) is 0 Å². The molecule has 2 aromatic heterocycles. The molecule has 0 amide bonds. The molecule has 4 rings (SSSR count). The van der Waals surface area contributed by atoms with Crippen LogP contribution in [0.1, 0.15) is 68.8 Å². The molecule has 118 valence electrons. The minimum absolute atomic E-state index is 0.0816. The van der Waals surface area contributed by atoms with Gasteiger partial charge < -0.3 is 13.7 Å². The van der Waals surface area contributed by atoms with Crippen LogP contribution in [0.3, 0.4) is 0 Å². The summed E-state index contributed by atoms with van der Waals surface area (Å²) in [6, 6.07) is 3.94. The number of rotatable bonds is 3. The Hall–Kier alpha value is -1.62. The van der Waals surface area contributed by atoms with Crippen molar-refractivity contribution >= 4 is 0 Å². The van der Waals surface area contributed by atoms with Crippen LogP contribution in [0, 0.1) is 5.41 Å². The summed E-state index contributed by atoms with van der Waals surface area (Å²) in [5.74, 6) is 3.50. The summed E-state index contributed by atoms with van der Waals surface area (Å²) >= 11 is 0. The maximum atomic E-state index is 5.91. The van der Waals surface area contributed by atoms with Crippen LogP contribution in [0.5, 0.6) is 0 Å². The Balaban J connectivity index is 1.51. The van der Waals surface area contributed by atoms with Crippen molar-refractivity contribution in [1.29, 1.82) is 0 Å². The highest BCUT2D eigenvalue weighted by atomic mass is 16.5. The lowest BCUT2D eigenvalue weighted by molar-refractivity contribution is 0.0193. The summed E-state index contributed by atoms with van der Waals surface area (Å²) < 4.78 is 16.9. The lowest BCUT2D eigenvalue weighted by Gasteiger charge is -2.29. The maximum Gasteiger partial charge on any atom is 0.230 e.